The van der Waals surface area contributed by atoms with Gasteiger partial charge in [-0.3, -0.25) is 4.79 Å². The molecule has 0 spiro atoms. The number of carbonyl (C=O) groups is 1. The topological polar surface area (TPSA) is 89.3 Å². The van der Waals surface area contributed by atoms with E-state index in [1.54, 1.807) is 0 Å². The third-order valence-electron chi connectivity index (χ3n) is 3.98. The summed E-state index contributed by atoms with van der Waals surface area (Å²) in [6, 6.07) is 3.08. The standard InChI is InChI=1S/C14H16BrF3N2O3S/c15-12-5-4-10(24(19,22)23)7-11(12)13(21)20-9-3-1-2-8(6-9)14(16,17)18/h4-5,7-9H,1-3,6H2,(H,20,21)(H2,19,22,23). The Morgan fingerprint density at radius 2 is 1.96 bits per heavy atom. The normalized spacial score (nSPS) is 22.2. The number of amides is 1. The molecular weight excluding hydrogens is 413 g/mol. The van der Waals surface area contributed by atoms with Crippen LogP contribution in [0.4, 0.5) is 13.2 Å². The SMILES string of the molecule is NS(=O)(=O)c1ccc(Br)c(C(=O)NC2CCCC(C(F)(F)F)C2)c1. The van der Waals surface area contributed by atoms with Crippen molar-refractivity contribution in [3.63, 3.8) is 0 Å². The summed E-state index contributed by atoms with van der Waals surface area (Å²) in [6.07, 6.45) is -3.59. The monoisotopic (exact) mass is 428 g/mol. The molecule has 0 radical (unpaired) electrons. The molecule has 0 aromatic heterocycles. The minimum atomic E-state index is -4.28. The maximum atomic E-state index is 12.8. The van der Waals surface area contributed by atoms with Crippen LogP contribution in [-0.4, -0.2) is 26.5 Å². The van der Waals surface area contributed by atoms with E-state index < -0.39 is 34.1 Å². The first kappa shape index (κ1) is 19.2. The molecule has 1 fully saturated rings. The summed E-state index contributed by atoms with van der Waals surface area (Å²) < 4.78 is 61.5. The number of carbonyl (C=O) groups excluding carboxylic acids is 1. The van der Waals surface area contributed by atoms with Crippen molar-refractivity contribution in [3.8, 4) is 0 Å². The molecule has 1 aliphatic carbocycles. The van der Waals surface area contributed by atoms with Crippen molar-refractivity contribution in [2.45, 2.75) is 42.8 Å². The van der Waals surface area contributed by atoms with Crippen LogP contribution in [0.3, 0.4) is 0 Å². The Labute approximate surface area is 146 Å². The molecule has 1 saturated carbocycles. The van der Waals surface area contributed by atoms with E-state index in [9.17, 15) is 26.4 Å². The van der Waals surface area contributed by atoms with E-state index >= 15 is 0 Å². The highest BCUT2D eigenvalue weighted by Gasteiger charge is 2.42. The van der Waals surface area contributed by atoms with Crippen LogP contribution in [0.15, 0.2) is 27.6 Å². The van der Waals surface area contributed by atoms with E-state index in [0.717, 1.165) is 6.07 Å². The van der Waals surface area contributed by atoms with Gasteiger partial charge in [0.25, 0.3) is 5.91 Å². The number of hydrogen-bond donors (Lipinski definition) is 2. The Hall–Kier alpha value is -1.13. The van der Waals surface area contributed by atoms with E-state index in [-0.39, 0.29) is 23.3 Å². The number of alkyl halides is 3. The fourth-order valence-electron chi connectivity index (χ4n) is 2.74. The van der Waals surface area contributed by atoms with Gasteiger partial charge in [-0.2, -0.15) is 13.2 Å². The predicted molar refractivity (Wildman–Crippen MR) is 84.8 cm³/mol. The average Bonchev–Trinajstić information content (AvgIpc) is 2.45. The van der Waals surface area contributed by atoms with Crippen LogP contribution in [0.5, 0.6) is 0 Å². The molecule has 2 unspecified atom stereocenters. The molecule has 1 aromatic carbocycles. The molecule has 1 aromatic rings. The largest absolute Gasteiger partial charge is 0.391 e. The Morgan fingerprint density at radius 3 is 2.54 bits per heavy atom. The number of rotatable bonds is 3. The molecule has 0 saturated heterocycles. The molecule has 2 atom stereocenters. The van der Waals surface area contributed by atoms with Crippen LogP contribution in [0, 0.1) is 5.92 Å². The summed E-state index contributed by atoms with van der Waals surface area (Å²) in [5, 5.41) is 7.58. The first-order valence-electron chi connectivity index (χ1n) is 7.18. The van der Waals surface area contributed by atoms with Gasteiger partial charge in [0.15, 0.2) is 0 Å². The van der Waals surface area contributed by atoms with Crippen molar-refractivity contribution in [3.05, 3.63) is 28.2 Å². The van der Waals surface area contributed by atoms with Crippen LogP contribution in [0.2, 0.25) is 0 Å². The zero-order chi connectivity index (χ0) is 18.1. The molecule has 5 nitrogen and oxygen atoms in total. The lowest BCUT2D eigenvalue weighted by atomic mass is 9.85. The summed E-state index contributed by atoms with van der Waals surface area (Å²) in [7, 11) is -3.99. The van der Waals surface area contributed by atoms with Crippen LogP contribution in [0.25, 0.3) is 0 Å². The summed E-state index contributed by atoms with van der Waals surface area (Å²) in [6.45, 7) is 0. The first-order chi connectivity index (χ1) is 11.0. The second-order valence-electron chi connectivity index (χ2n) is 5.76. The minimum Gasteiger partial charge on any atom is -0.349 e. The van der Waals surface area contributed by atoms with Gasteiger partial charge in [-0.05, 0) is 53.4 Å². The molecule has 2 rings (SSSR count). The van der Waals surface area contributed by atoms with Crippen LogP contribution < -0.4 is 10.5 Å². The predicted octanol–water partition coefficient (Wildman–Crippen LogP) is 2.95. The molecule has 1 amide bonds. The van der Waals surface area contributed by atoms with Crippen molar-refractivity contribution in [2.75, 3.05) is 0 Å². The Balaban J connectivity index is 2.15. The number of nitrogens with two attached hydrogens (primary N) is 1. The second kappa shape index (κ2) is 7.01. The number of nitrogens with one attached hydrogen (secondary N) is 1. The number of halogens is 4. The van der Waals surface area contributed by atoms with E-state index in [1.165, 1.54) is 12.1 Å². The number of sulfonamides is 1. The van der Waals surface area contributed by atoms with Gasteiger partial charge in [0.05, 0.1) is 16.4 Å². The van der Waals surface area contributed by atoms with Crippen LogP contribution in [-0.2, 0) is 10.0 Å². The molecule has 0 aliphatic heterocycles. The van der Waals surface area contributed by atoms with Crippen molar-refractivity contribution in [1.82, 2.24) is 5.32 Å². The Kier molecular flexibility index (Phi) is 5.61. The first-order valence-corrected chi connectivity index (χ1v) is 9.52. The van der Waals surface area contributed by atoms with Gasteiger partial charge in [-0.15, -0.1) is 0 Å². The lowest BCUT2D eigenvalue weighted by Gasteiger charge is -2.31. The fraction of sp³-hybridized carbons (Fsp3) is 0.500. The Bertz CT molecular complexity index is 737. The highest BCUT2D eigenvalue weighted by molar-refractivity contribution is 9.10. The van der Waals surface area contributed by atoms with Crippen molar-refractivity contribution in [2.24, 2.45) is 11.1 Å². The van der Waals surface area contributed by atoms with Gasteiger partial charge in [0.1, 0.15) is 0 Å². The van der Waals surface area contributed by atoms with Crippen LogP contribution >= 0.6 is 15.9 Å². The number of hydrogen-bond acceptors (Lipinski definition) is 3. The van der Waals surface area contributed by atoms with E-state index in [4.69, 9.17) is 5.14 Å². The molecule has 134 valence electrons. The van der Waals surface area contributed by atoms with E-state index in [1.807, 2.05) is 0 Å². The minimum absolute atomic E-state index is 0.00987. The smallest absolute Gasteiger partial charge is 0.349 e. The lowest BCUT2D eigenvalue weighted by Crippen LogP contribution is -2.41. The lowest BCUT2D eigenvalue weighted by molar-refractivity contribution is -0.183. The molecule has 0 bridgehead atoms. The van der Waals surface area contributed by atoms with Crippen molar-refractivity contribution >= 4 is 31.9 Å². The summed E-state index contributed by atoms with van der Waals surface area (Å²) in [5.74, 6) is -2.07. The van der Waals surface area contributed by atoms with Gasteiger partial charge < -0.3 is 5.32 Å². The third kappa shape index (κ3) is 4.70. The van der Waals surface area contributed by atoms with Gasteiger partial charge in [0.2, 0.25) is 10.0 Å². The van der Waals surface area contributed by atoms with Crippen molar-refractivity contribution < 1.29 is 26.4 Å². The molecule has 0 heterocycles. The van der Waals surface area contributed by atoms with Gasteiger partial charge >= 0.3 is 6.18 Å². The summed E-state index contributed by atoms with van der Waals surface area (Å²) in [5.41, 5.74) is 0.00987. The van der Waals surface area contributed by atoms with E-state index in [0.29, 0.717) is 17.3 Å². The van der Waals surface area contributed by atoms with Gasteiger partial charge in [-0.25, -0.2) is 13.6 Å². The van der Waals surface area contributed by atoms with Crippen LogP contribution in [0.1, 0.15) is 36.0 Å². The maximum absolute atomic E-state index is 12.8. The zero-order valence-electron chi connectivity index (χ0n) is 12.4. The molecule has 24 heavy (non-hydrogen) atoms. The summed E-state index contributed by atoms with van der Waals surface area (Å²) >= 11 is 3.13. The molecule has 10 heteroatoms. The highest BCUT2D eigenvalue weighted by Crippen LogP contribution is 2.37. The quantitative estimate of drug-likeness (QED) is 0.775. The number of primary sulfonamides is 1. The highest BCUT2D eigenvalue weighted by atomic mass is 79.9. The van der Waals surface area contributed by atoms with Gasteiger partial charge in [0, 0.05) is 10.5 Å². The summed E-state index contributed by atoms with van der Waals surface area (Å²) in [4.78, 5) is 12.1. The zero-order valence-corrected chi connectivity index (χ0v) is 14.8. The van der Waals surface area contributed by atoms with Gasteiger partial charge in [-0.1, -0.05) is 6.42 Å². The molecule has 1 aliphatic rings. The Morgan fingerprint density at radius 1 is 1.29 bits per heavy atom. The fourth-order valence-corrected chi connectivity index (χ4v) is 3.70. The number of benzene rings is 1. The maximum Gasteiger partial charge on any atom is 0.391 e. The second-order valence-corrected chi connectivity index (χ2v) is 8.18. The third-order valence-corrected chi connectivity index (χ3v) is 5.59. The van der Waals surface area contributed by atoms with Crippen molar-refractivity contribution in [1.29, 1.82) is 0 Å². The van der Waals surface area contributed by atoms with E-state index in [2.05, 4.69) is 21.2 Å². The molecule has 3 N–H and O–H groups in total. The molecular formula is C14H16BrF3N2O3S. The average molecular weight is 429 g/mol.